The molecule has 0 aliphatic carbocycles. The predicted octanol–water partition coefficient (Wildman–Crippen LogP) is 4.01. The van der Waals surface area contributed by atoms with Gasteiger partial charge in [-0.25, -0.2) is 4.79 Å². The summed E-state index contributed by atoms with van der Waals surface area (Å²) >= 11 is 0. The number of ether oxygens (including phenoxy) is 1. The lowest BCUT2D eigenvalue weighted by Crippen LogP contribution is -2.43. The highest BCUT2D eigenvalue weighted by molar-refractivity contribution is 5.88. The fourth-order valence-corrected chi connectivity index (χ4v) is 3.29. The molecule has 4 N–H and O–H groups in total. The van der Waals surface area contributed by atoms with E-state index in [1.807, 2.05) is 0 Å². The number of hydrogen-bond acceptors (Lipinski definition) is 6. The Balaban J connectivity index is 3.73. The fourth-order valence-electron chi connectivity index (χ4n) is 3.29. The molecule has 30 heavy (non-hydrogen) atoms. The van der Waals surface area contributed by atoms with Gasteiger partial charge in [-0.3, -0.25) is 9.59 Å². The highest BCUT2D eigenvalue weighted by atomic mass is 16.6. The van der Waals surface area contributed by atoms with Crippen molar-refractivity contribution in [3.63, 3.8) is 0 Å². The second-order valence-corrected chi connectivity index (χ2v) is 8.06. The topological polar surface area (TPSA) is 141 Å². The number of carboxylic acids is 2. The number of unbranched alkanes of at least 4 members (excludes halogenated alkanes) is 12. The Kier molecular flexibility index (Phi) is 16.1. The summed E-state index contributed by atoms with van der Waals surface area (Å²) in [5.74, 6) is -4.53. The van der Waals surface area contributed by atoms with Gasteiger partial charge >= 0.3 is 17.9 Å². The second kappa shape index (κ2) is 17.1. The van der Waals surface area contributed by atoms with Crippen LogP contribution in [0.3, 0.4) is 0 Å². The average Bonchev–Trinajstić information content (AvgIpc) is 2.64. The molecule has 0 fully saturated rings. The third kappa shape index (κ3) is 15.2. The molecule has 0 amide bonds. The van der Waals surface area contributed by atoms with Crippen molar-refractivity contribution in [1.29, 1.82) is 0 Å². The van der Waals surface area contributed by atoms with E-state index in [4.69, 9.17) is 10.2 Å². The maximum atomic E-state index is 11.7. The van der Waals surface area contributed by atoms with Crippen LogP contribution in [-0.4, -0.2) is 50.2 Å². The first kappa shape index (κ1) is 28.3. The number of hydrogen-bond donors (Lipinski definition) is 4. The number of rotatable bonds is 20. The zero-order chi connectivity index (χ0) is 22.8. The molecule has 0 aromatic heterocycles. The molecule has 0 saturated carbocycles. The number of aliphatic hydroxyl groups is 2. The number of carbonyl (C=O) groups excluding carboxylic acids is 1. The van der Waals surface area contributed by atoms with E-state index in [0.717, 1.165) is 19.3 Å². The van der Waals surface area contributed by atoms with Crippen LogP contribution in [-0.2, 0) is 19.1 Å². The zero-order valence-corrected chi connectivity index (χ0v) is 18.3. The van der Waals surface area contributed by atoms with Crippen molar-refractivity contribution in [2.45, 2.75) is 122 Å². The van der Waals surface area contributed by atoms with Gasteiger partial charge in [0, 0.05) is 6.42 Å². The van der Waals surface area contributed by atoms with Crippen molar-refractivity contribution < 1.29 is 39.5 Å². The summed E-state index contributed by atoms with van der Waals surface area (Å²) in [7, 11) is 0. The third-order valence-electron chi connectivity index (χ3n) is 5.10. The van der Waals surface area contributed by atoms with Crippen LogP contribution in [0.4, 0.5) is 0 Å². The van der Waals surface area contributed by atoms with Crippen LogP contribution >= 0.6 is 0 Å². The largest absolute Gasteiger partial charge is 0.481 e. The lowest BCUT2D eigenvalue weighted by atomic mass is 9.96. The number of carbonyl (C=O) groups is 3. The minimum absolute atomic E-state index is 0.216. The van der Waals surface area contributed by atoms with Crippen LogP contribution in [0.15, 0.2) is 0 Å². The van der Waals surface area contributed by atoms with E-state index < -0.39 is 42.6 Å². The van der Waals surface area contributed by atoms with Crippen molar-refractivity contribution >= 4 is 17.9 Å². The fraction of sp³-hybridized carbons (Fsp3) is 0.864. The molecule has 0 radical (unpaired) electrons. The molecule has 0 aliphatic heterocycles. The SMILES string of the molecule is CCCCCCCCCCCCCCCC(O)OC(=O)CC(O)(CC(=O)O)C(=O)O. The molecule has 0 saturated heterocycles. The van der Waals surface area contributed by atoms with Crippen molar-refractivity contribution in [3.05, 3.63) is 0 Å². The van der Waals surface area contributed by atoms with Gasteiger partial charge in [0.1, 0.15) is 0 Å². The van der Waals surface area contributed by atoms with Crippen molar-refractivity contribution in [1.82, 2.24) is 0 Å². The van der Waals surface area contributed by atoms with E-state index in [1.54, 1.807) is 0 Å². The molecule has 2 unspecified atom stereocenters. The molecule has 176 valence electrons. The Morgan fingerprint density at radius 1 is 0.767 bits per heavy atom. The predicted molar refractivity (Wildman–Crippen MR) is 112 cm³/mol. The van der Waals surface area contributed by atoms with Gasteiger partial charge in [-0.2, -0.15) is 0 Å². The van der Waals surface area contributed by atoms with Crippen LogP contribution < -0.4 is 0 Å². The molecule has 0 aromatic carbocycles. The summed E-state index contributed by atoms with van der Waals surface area (Å²) < 4.78 is 4.69. The maximum absolute atomic E-state index is 11.7. The number of carboxylic acid groups (broad SMARTS) is 2. The Hall–Kier alpha value is -1.67. The molecule has 8 nitrogen and oxygen atoms in total. The Morgan fingerprint density at radius 3 is 1.60 bits per heavy atom. The quantitative estimate of drug-likeness (QED) is 0.128. The highest BCUT2D eigenvalue weighted by Gasteiger charge is 2.41. The molecule has 0 spiro atoms. The molecule has 0 rings (SSSR count). The Morgan fingerprint density at radius 2 is 1.20 bits per heavy atom. The molecule has 2 atom stereocenters. The summed E-state index contributed by atoms with van der Waals surface area (Å²) in [5.41, 5.74) is -2.75. The second-order valence-electron chi connectivity index (χ2n) is 8.06. The van der Waals surface area contributed by atoms with Crippen LogP contribution in [0.1, 0.15) is 110 Å². The van der Waals surface area contributed by atoms with Gasteiger partial charge in [0.2, 0.25) is 6.29 Å². The molecule has 8 heteroatoms. The van der Waals surface area contributed by atoms with Crippen LogP contribution in [0.25, 0.3) is 0 Å². The minimum atomic E-state index is -2.75. The van der Waals surface area contributed by atoms with Gasteiger partial charge in [0.15, 0.2) is 5.60 Å². The number of aliphatic hydroxyl groups excluding tert-OH is 1. The summed E-state index contributed by atoms with van der Waals surface area (Å²) in [5, 5.41) is 37.1. The molecule has 0 heterocycles. The summed E-state index contributed by atoms with van der Waals surface area (Å²) in [6.45, 7) is 2.22. The van der Waals surface area contributed by atoms with Gasteiger partial charge in [0.25, 0.3) is 0 Å². The van der Waals surface area contributed by atoms with Crippen molar-refractivity contribution in [2.24, 2.45) is 0 Å². The number of aliphatic carboxylic acids is 2. The molecular formula is C22H40O8. The van der Waals surface area contributed by atoms with Gasteiger partial charge < -0.3 is 25.2 Å². The first-order valence-corrected chi connectivity index (χ1v) is 11.3. The van der Waals surface area contributed by atoms with Crippen molar-refractivity contribution in [2.75, 3.05) is 0 Å². The zero-order valence-electron chi connectivity index (χ0n) is 18.3. The number of esters is 1. The standard InChI is InChI=1S/C22H40O8/c1-2-3-4-5-6-7-8-9-10-11-12-13-14-15-19(25)30-20(26)17-22(29,21(27)28)16-18(23)24/h19,25,29H,2-17H2,1H3,(H,23,24)(H,27,28). The van der Waals surface area contributed by atoms with E-state index in [2.05, 4.69) is 11.7 Å². The normalized spacial score (nSPS) is 14.1. The van der Waals surface area contributed by atoms with Gasteiger partial charge in [0.05, 0.1) is 12.8 Å². The Bertz CT molecular complexity index is 494. The lowest BCUT2D eigenvalue weighted by molar-refractivity contribution is -0.182. The lowest BCUT2D eigenvalue weighted by Gasteiger charge is -2.21. The minimum Gasteiger partial charge on any atom is -0.481 e. The molecule has 0 aliphatic rings. The van der Waals surface area contributed by atoms with Crippen LogP contribution in [0.5, 0.6) is 0 Å². The summed E-state index contributed by atoms with van der Waals surface area (Å²) in [6, 6.07) is 0. The first-order chi connectivity index (χ1) is 14.2. The molecule has 0 aromatic rings. The highest BCUT2D eigenvalue weighted by Crippen LogP contribution is 2.18. The van der Waals surface area contributed by atoms with Gasteiger partial charge in [-0.1, -0.05) is 84.0 Å². The average molecular weight is 433 g/mol. The van der Waals surface area contributed by atoms with Crippen LogP contribution in [0.2, 0.25) is 0 Å². The monoisotopic (exact) mass is 432 g/mol. The van der Waals surface area contributed by atoms with E-state index in [1.165, 1.54) is 57.8 Å². The first-order valence-electron chi connectivity index (χ1n) is 11.3. The molecule has 0 bridgehead atoms. The van der Waals surface area contributed by atoms with Gasteiger partial charge in [-0.05, 0) is 6.42 Å². The summed E-state index contributed by atoms with van der Waals surface area (Å²) in [6.07, 6.45) is 12.0. The summed E-state index contributed by atoms with van der Waals surface area (Å²) in [4.78, 5) is 33.3. The molecular weight excluding hydrogens is 392 g/mol. The van der Waals surface area contributed by atoms with E-state index in [-0.39, 0.29) is 6.42 Å². The van der Waals surface area contributed by atoms with E-state index in [9.17, 15) is 24.6 Å². The van der Waals surface area contributed by atoms with E-state index >= 15 is 0 Å². The van der Waals surface area contributed by atoms with Gasteiger partial charge in [-0.15, -0.1) is 0 Å². The van der Waals surface area contributed by atoms with Crippen LogP contribution in [0, 0.1) is 0 Å². The van der Waals surface area contributed by atoms with Crippen molar-refractivity contribution in [3.8, 4) is 0 Å². The maximum Gasteiger partial charge on any atom is 0.336 e. The smallest absolute Gasteiger partial charge is 0.336 e. The van der Waals surface area contributed by atoms with E-state index in [0.29, 0.717) is 6.42 Å². The Labute approximate surface area is 179 Å². The third-order valence-corrected chi connectivity index (χ3v) is 5.10.